The van der Waals surface area contributed by atoms with Gasteiger partial charge in [0.25, 0.3) is 0 Å². The molecule has 0 aromatic carbocycles. The lowest BCUT2D eigenvalue weighted by Crippen LogP contribution is -1.98. The number of allylic oxidation sites excluding steroid dienone is 1. The monoisotopic (exact) mass is 167 g/mol. The largest absolute Gasteiger partial charge is 0.477 e. The number of carbonyl (C=O) groups is 1. The average Bonchev–Trinajstić information content (AvgIpc) is 1.96. The molecule has 3 heteroatoms. The molecule has 0 heterocycles. The Labute approximate surface area is 72.3 Å². The highest BCUT2D eigenvalue weighted by Crippen LogP contribution is 2.06. The molecule has 0 fully saturated rings. The molecule has 0 unspecified atom stereocenters. The number of carboxylic acid groups (broad SMARTS) is 1. The summed E-state index contributed by atoms with van der Waals surface area (Å²) in [5.41, 5.74) is -0.157. The van der Waals surface area contributed by atoms with Gasteiger partial charge in [0.05, 0.1) is 0 Å². The van der Waals surface area contributed by atoms with Gasteiger partial charge < -0.3 is 5.11 Å². The minimum atomic E-state index is -1.14. The van der Waals surface area contributed by atoms with Crippen LogP contribution in [0.4, 0.5) is 0 Å². The lowest BCUT2D eigenvalue weighted by atomic mass is 10.1. The number of nitrogens with zero attached hydrogens (tertiary/aromatic N) is 1. The average molecular weight is 167 g/mol. The fourth-order valence-corrected chi connectivity index (χ4v) is 0.742. The topological polar surface area (TPSA) is 61.1 Å². The molecule has 0 atom stereocenters. The minimum absolute atomic E-state index is 0.157. The molecule has 66 valence electrons. The van der Waals surface area contributed by atoms with Crippen LogP contribution in [-0.2, 0) is 4.79 Å². The van der Waals surface area contributed by atoms with Crippen molar-refractivity contribution in [2.45, 2.75) is 26.7 Å². The number of rotatable bonds is 4. The molecule has 0 spiro atoms. The van der Waals surface area contributed by atoms with Crippen LogP contribution in [0.5, 0.6) is 0 Å². The van der Waals surface area contributed by atoms with E-state index in [0.29, 0.717) is 12.3 Å². The van der Waals surface area contributed by atoms with E-state index in [9.17, 15) is 4.79 Å². The molecule has 0 aliphatic rings. The highest BCUT2D eigenvalue weighted by molar-refractivity contribution is 5.90. The van der Waals surface area contributed by atoms with Gasteiger partial charge in [0, 0.05) is 0 Å². The van der Waals surface area contributed by atoms with Gasteiger partial charge in [0.2, 0.25) is 0 Å². The third kappa shape index (κ3) is 4.51. The van der Waals surface area contributed by atoms with Gasteiger partial charge in [0.15, 0.2) is 0 Å². The van der Waals surface area contributed by atoms with Gasteiger partial charge in [-0.15, -0.1) is 0 Å². The van der Waals surface area contributed by atoms with Gasteiger partial charge in [-0.2, -0.15) is 5.26 Å². The normalized spacial score (nSPS) is 11.3. The molecule has 1 N–H and O–H groups in total. The maximum Gasteiger partial charge on any atom is 0.346 e. The molecule has 12 heavy (non-hydrogen) atoms. The second-order valence-electron chi connectivity index (χ2n) is 3.01. The molecule has 0 saturated carbocycles. The zero-order valence-electron chi connectivity index (χ0n) is 7.37. The van der Waals surface area contributed by atoms with Crippen molar-refractivity contribution in [3.05, 3.63) is 11.6 Å². The van der Waals surface area contributed by atoms with Gasteiger partial charge in [-0.1, -0.05) is 19.9 Å². The molecule has 0 bridgehead atoms. The number of nitriles is 1. The van der Waals surface area contributed by atoms with Crippen LogP contribution in [0.15, 0.2) is 11.6 Å². The van der Waals surface area contributed by atoms with Crippen LogP contribution in [0.2, 0.25) is 0 Å². The molecule has 0 aliphatic carbocycles. The first-order valence-electron chi connectivity index (χ1n) is 3.91. The standard InChI is InChI=1S/C9H13NO2/c1-7(2)4-3-5-8(6-10)9(11)12/h5,7H,3-4H2,1-2H3,(H,11,12). The second-order valence-corrected chi connectivity index (χ2v) is 3.01. The van der Waals surface area contributed by atoms with Gasteiger partial charge in [-0.25, -0.2) is 4.79 Å². The Morgan fingerprint density at radius 3 is 2.58 bits per heavy atom. The summed E-state index contributed by atoms with van der Waals surface area (Å²) >= 11 is 0. The molecule has 0 aliphatic heterocycles. The summed E-state index contributed by atoms with van der Waals surface area (Å²) in [6, 6.07) is 1.64. The van der Waals surface area contributed by atoms with Gasteiger partial charge in [0.1, 0.15) is 11.6 Å². The van der Waals surface area contributed by atoms with Crippen molar-refractivity contribution in [1.82, 2.24) is 0 Å². The summed E-state index contributed by atoms with van der Waals surface area (Å²) in [6.45, 7) is 4.11. The number of carboxylic acids is 1. The van der Waals surface area contributed by atoms with Gasteiger partial charge in [-0.05, 0) is 18.8 Å². The maximum absolute atomic E-state index is 10.3. The lowest BCUT2D eigenvalue weighted by Gasteiger charge is -1.98. The van der Waals surface area contributed by atoms with Crippen molar-refractivity contribution in [2.24, 2.45) is 5.92 Å². The van der Waals surface area contributed by atoms with Crippen LogP contribution in [-0.4, -0.2) is 11.1 Å². The summed E-state index contributed by atoms with van der Waals surface area (Å²) in [5.74, 6) is -0.601. The number of hydrogen-bond donors (Lipinski definition) is 1. The van der Waals surface area contributed by atoms with E-state index >= 15 is 0 Å². The van der Waals surface area contributed by atoms with Crippen molar-refractivity contribution in [1.29, 1.82) is 5.26 Å². The SMILES string of the molecule is CC(C)CCC=C(C#N)C(=O)O. The Hall–Kier alpha value is -1.30. The van der Waals surface area contributed by atoms with Crippen LogP contribution in [0, 0.1) is 17.2 Å². The first kappa shape index (κ1) is 10.7. The molecular formula is C9H13NO2. The first-order valence-corrected chi connectivity index (χ1v) is 3.91. The molecule has 0 aromatic heterocycles. The Morgan fingerprint density at radius 1 is 1.67 bits per heavy atom. The Morgan fingerprint density at radius 2 is 2.25 bits per heavy atom. The van der Waals surface area contributed by atoms with Gasteiger partial charge >= 0.3 is 5.97 Å². The van der Waals surface area contributed by atoms with Crippen molar-refractivity contribution in [3.63, 3.8) is 0 Å². The van der Waals surface area contributed by atoms with Crippen LogP contribution >= 0.6 is 0 Å². The van der Waals surface area contributed by atoms with Crippen molar-refractivity contribution < 1.29 is 9.90 Å². The predicted molar refractivity (Wildman–Crippen MR) is 45.4 cm³/mol. The van der Waals surface area contributed by atoms with E-state index in [1.165, 1.54) is 6.08 Å². The molecule has 0 saturated heterocycles. The minimum Gasteiger partial charge on any atom is -0.477 e. The number of hydrogen-bond acceptors (Lipinski definition) is 2. The second kappa shape index (κ2) is 5.36. The molecule has 3 nitrogen and oxygen atoms in total. The molecule has 0 radical (unpaired) electrons. The summed E-state index contributed by atoms with van der Waals surface area (Å²) in [5, 5.41) is 16.8. The maximum atomic E-state index is 10.3. The summed E-state index contributed by atoms with van der Waals surface area (Å²) in [7, 11) is 0. The van der Waals surface area contributed by atoms with E-state index in [0.717, 1.165) is 6.42 Å². The van der Waals surface area contributed by atoms with Crippen LogP contribution in [0.3, 0.4) is 0 Å². The fraction of sp³-hybridized carbons (Fsp3) is 0.556. The van der Waals surface area contributed by atoms with E-state index in [2.05, 4.69) is 13.8 Å². The smallest absolute Gasteiger partial charge is 0.346 e. The van der Waals surface area contributed by atoms with Crippen LogP contribution < -0.4 is 0 Å². The molecule has 0 aromatic rings. The van der Waals surface area contributed by atoms with Crippen molar-refractivity contribution in [3.8, 4) is 6.07 Å². The van der Waals surface area contributed by atoms with E-state index < -0.39 is 5.97 Å². The molecule has 0 rings (SSSR count). The van der Waals surface area contributed by atoms with Gasteiger partial charge in [-0.3, -0.25) is 0 Å². The quantitative estimate of drug-likeness (QED) is 0.514. The molecule has 0 amide bonds. The van der Waals surface area contributed by atoms with E-state index in [1.54, 1.807) is 6.07 Å². The summed E-state index contributed by atoms with van der Waals surface area (Å²) in [4.78, 5) is 10.3. The van der Waals surface area contributed by atoms with E-state index in [4.69, 9.17) is 10.4 Å². The van der Waals surface area contributed by atoms with E-state index in [1.807, 2.05) is 0 Å². The van der Waals surface area contributed by atoms with E-state index in [-0.39, 0.29) is 5.57 Å². The zero-order chi connectivity index (χ0) is 9.56. The van der Waals surface area contributed by atoms with Crippen molar-refractivity contribution in [2.75, 3.05) is 0 Å². The highest BCUT2D eigenvalue weighted by atomic mass is 16.4. The third-order valence-electron chi connectivity index (χ3n) is 1.44. The molecular weight excluding hydrogens is 154 g/mol. The first-order chi connectivity index (χ1) is 5.57. The summed E-state index contributed by atoms with van der Waals surface area (Å²) < 4.78 is 0. The fourth-order valence-electron chi connectivity index (χ4n) is 0.742. The van der Waals surface area contributed by atoms with Crippen LogP contribution in [0.25, 0.3) is 0 Å². The predicted octanol–water partition coefficient (Wildman–Crippen LogP) is 1.96. The highest BCUT2D eigenvalue weighted by Gasteiger charge is 2.04. The summed E-state index contributed by atoms with van der Waals surface area (Å²) in [6.07, 6.45) is 3.05. The number of aliphatic carboxylic acids is 1. The third-order valence-corrected chi connectivity index (χ3v) is 1.44. The zero-order valence-corrected chi connectivity index (χ0v) is 7.37. The Kier molecular flexibility index (Phi) is 4.78. The Bertz CT molecular complexity index is 223. The Balaban J connectivity index is 3.98. The van der Waals surface area contributed by atoms with Crippen LogP contribution in [0.1, 0.15) is 26.7 Å². The lowest BCUT2D eigenvalue weighted by molar-refractivity contribution is -0.132. The van der Waals surface area contributed by atoms with Crippen molar-refractivity contribution >= 4 is 5.97 Å².